The van der Waals surface area contributed by atoms with Crippen molar-refractivity contribution in [3.05, 3.63) is 29.8 Å². The molecule has 0 aliphatic rings. The molecule has 0 aliphatic carbocycles. The Balaban J connectivity index is 2.62. The Morgan fingerprint density at radius 3 is 2.78 bits per heavy atom. The van der Waals surface area contributed by atoms with Crippen LogP contribution in [0.3, 0.4) is 0 Å². The molecule has 0 radical (unpaired) electrons. The van der Waals surface area contributed by atoms with Gasteiger partial charge in [0, 0.05) is 6.54 Å². The number of hydrogen-bond donors (Lipinski definition) is 0. The minimum absolute atomic E-state index is 0.192. The van der Waals surface area contributed by atoms with Crippen LogP contribution in [0.2, 0.25) is 0 Å². The Morgan fingerprint density at radius 1 is 1.44 bits per heavy atom. The van der Waals surface area contributed by atoms with Gasteiger partial charge in [-0.1, -0.05) is 12.1 Å². The van der Waals surface area contributed by atoms with Gasteiger partial charge in [-0.05, 0) is 38.6 Å². The molecule has 18 heavy (non-hydrogen) atoms. The average Bonchev–Trinajstić information content (AvgIpc) is 2.38. The molecule has 0 spiro atoms. The largest absolute Gasteiger partial charge is 0.497 e. The van der Waals surface area contributed by atoms with Crippen molar-refractivity contribution in [3.8, 4) is 5.75 Å². The topological polar surface area (TPSA) is 38.8 Å². The maximum Gasteiger partial charge on any atom is 0.323 e. The highest BCUT2D eigenvalue weighted by molar-refractivity contribution is 5.75. The van der Waals surface area contributed by atoms with Crippen LogP contribution in [0.15, 0.2) is 24.3 Å². The molecule has 1 aromatic carbocycles. The molecule has 100 valence electrons. The predicted molar refractivity (Wildman–Crippen MR) is 70.6 cm³/mol. The van der Waals surface area contributed by atoms with E-state index in [9.17, 15) is 4.79 Å². The van der Waals surface area contributed by atoms with Crippen molar-refractivity contribution in [2.45, 2.75) is 26.4 Å². The molecule has 0 saturated carbocycles. The first-order chi connectivity index (χ1) is 8.58. The zero-order valence-corrected chi connectivity index (χ0v) is 11.5. The maximum atomic E-state index is 11.6. The Morgan fingerprint density at radius 2 is 2.17 bits per heavy atom. The molecule has 0 N–H and O–H groups in total. The summed E-state index contributed by atoms with van der Waals surface area (Å²) >= 11 is 0. The molecule has 0 fully saturated rings. The number of carbonyl (C=O) groups is 1. The highest BCUT2D eigenvalue weighted by atomic mass is 16.5. The van der Waals surface area contributed by atoms with E-state index in [-0.39, 0.29) is 12.0 Å². The minimum atomic E-state index is -0.254. The summed E-state index contributed by atoms with van der Waals surface area (Å²) in [5.41, 5.74) is 1.10. The Kier molecular flexibility index (Phi) is 5.65. The Bertz CT molecular complexity index is 392. The lowest BCUT2D eigenvalue weighted by Gasteiger charge is -2.23. The molecule has 1 rings (SSSR count). The molecule has 0 amide bonds. The first-order valence-corrected chi connectivity index (χ1v) is 6.08. The van der Waals surface area contributed by atoms with Crippen LogP contribution in [0.25, 0.3) is 0 Å². The molecule has 1 unspecified atom stereocenters. The van der Waals surface area contributed by atoms with Crippen molar-refractivity contribution >= 4 is 5.97 Å². The third-order valence-electron chi connectivity index (χ3n) is 2.85. The number of likely N-dealkylation sites (N-methyl/N-ethyl adjacent to an activating group) is 1. The summed E-state index contributed by atoms with van der Waals surface area (Å²) in [6, 6.07) is 7.57. The van der Waals surface area contributed by atoms with E-state index in [0.29, 0.717) is 13.2 Å². The fraction of sp³-hybridized carbons (Fsp3) is 0.500. The molecule has 1 aromatic rings. The molecule has 4 heteroatoms. The lowest BCUT2D eigenvalue weighted by molar-refractivity contribution is -0.148. The smallest absolute Gasteiger partial charge is 0.323 e. The van der Waals surface area contributed by atoms with Gasteiger partial charge in [0.15, 0.2) is 0 Å². The number of nitrogens with zero attached hydrogens (tertiary/aromatic N) is 1. The van der Waals surface area contributed by atoms with Gasteiger partial charge in [0.2, 0.25) is 0 Å². The molecule has 4 nitrogen and oxygen atoms in total. The van der Waals surface area contributed by atoms with Crippen LogP contribution in [0.5, 0.6) is 5.75 Å². The van der Waals surface area contributed by atoms with Crippen LogP contribution in [0.1, 0.15) is 19.4 Å². The Hall–Kier alpha value is -1.55. The first-order valence-electron chi connectivity index (χ1n) is 6.08. The molecular weight excluding hydrogens is 230 g/mol. The second-order valence-electron chi connectivity index (χ2n) is 4.19. The zero-order chi connectivity index (χ0) is 13.5. The highest BCUT2D eigenvalue weighted by Crippen LogP contribution is 2.15. The molecule has 0 aliphatic heterocycles. The number of rotatable bonds is 6. The summed E-state index contributed by atoms with van der Waals surface area (Å²) in [6.45, 7) is 4.75. The average molecular weight is 251 g/mol. The minimum Gasteiger partial charge on any atom is -0.497 e. The van der Waals surface area contributed by atoms with Gasteiger partial charge in [-0.3, -0.25) is 9.69 Å². The second-order valence-corrected chi connectivity index (χ2v) is 4.19. The lowest BCUT2D eigenvalue weighted by Crippen LogP contribution is -2.36. The van der Waals surface area contributed by atoms with Crippen LogP contribution in [0.4, 0.5) is 0 Å². The third kappa shape index (κ3) is 4.04. The van der Waals surface area contributed by atoms with Crippen molar-refractivity contribution in [2.24, 2.45) is 0 Å². The van der Waals surface area contributed by atoms with Gasteiger partial charge in [0.1, 0.15) is 11.8 Å². The summed E-state index contributed by atoms with van der Waals surface area (Å²) in [7, 11) is 3.55. The first kappa shape index (κ1) is 14.5. The summed E-state index contributed by atoms with van der Waals surface area (Å²) < 4.78 is 10.2. The highest BCUT2D eigenvalue weighted by Gasteiger charge is 2.19. The van der Waals surface area contributed by atoms with E-state index >= 15 is 0 Å². The van der Waals surface area contributed by atoms with Gasteiger partial charge >= 0.3 is 5.97 Å². The van der Waals surface area contributed by atoms with Crippen LogP contribution < -0.4 is 4.74 Å². The van der Waals surface area contributed by atoms with Crippen LogP contribution in [-0.2, 0) is 16.1 Å². The van der Waals surface area contributed by atoms with E-state index in [1.54, 1.807) is 7.11 Å². The molecule has 0 aromatic heterocycles. The predicted octanol–water partition coefficient (Wildman–Crippen LogP) is 2.08. The molecule has 1 atom stereocenters. The SMILES string of the molecule is CCOC(=O)C(C)N(C)Cc1cccc(OC)c1. The van der Waals surface area contributed by atoms with Crippen molar-refractivity contribution < 1.29 is 14.3 Å². The van der Waals surface area contributed by atoms with Gasteiger partial charge in [0.25, 0.3) is 0 Å². The maximum absolute atomic E-state index is 11.6. The van der Waals surface area contributed by atoms with E-state index < -0.39 is 0 Å². The van der Waals surface area contributed by atoms with Crippen molar-refractivity contribution in [1.82, 2.24) is 4.90 Å². The molecule has 0 saturated heterocycles. The zero-order valence-electron chi connectivity index (χ0n) is 11.5. The van der Waals surface area contributed by atoms with Crippen molar-refractivity contribution in [2.75, 3.05) is 20.8 Å². The number of methoxy groups -OCH3 is 1. The third-order valence-corrected chi connectivity index (χ3v) is 2.85. The van der Waals surface area contributed by atoms with Gasteiger partial charge in [-0.2, -0.15) is 0 Å². The van der Waals surface area contributed by atoms with E-state index in [4.69, 9.17) is 9.47 Å². The fourth-order valence-corrected chi connectivity index (χ4v) is 1.64. The normalized spacial score (nSPS) is 12.3. The van der Waals surface area contributed by atoms with Crippen molar-refractivity contribution in [1.29, 1.82) is 0 Å². The van der Waals surface area contributed by atoms with E-state index in [1.165, 1.54) is 0 Å². The van der Waals surface area contributed by atoms with Gasteiger partial charge in [0.05, 0.1) is 13.7 Å². The quantitative estimate of drug-likeness (QED) is 0.726. The summed E-state index contributed by atoms with van der Waals surface area (Å²) in [5, 5.41) is 0. The summed E-state index contributed by atoms with van der Waals surface area (Å²) in [6.07, 6.45) is 0. The van der Waals surface area contributed by atoms with Crippen LogP contribution in [-0.4, -0.2) is 37.7 Å². The van der Waals surface area contributed by atoms with Gasteiger partial charge in [-0.25, -0.2) is 0 Å². The molecule has 0 bridgehead atoms. The summed E-state index contributed by atoms with van der Waals surface area (Å²) in [5.74, 6) is 0.632. The number of esters is 1. The monoisotopic (exact) mass is 251 g/mol. The second kappa shape index (κ2) is 7.01. The van der Waals surface area contributed by atoms with Crippen LogP contribution >= 0.6 is 0 Å². The standard InChI is InChI=1S/C14H21NO3/c1-5-18-14(16)11(2)15(3)10-12-7-6-8-13(9-12)17-4/h6-9,11H,5,10H2,1-4H3. The van der Waals surface area contributed by atoms with E-state index in [0.717, 1.165) is 11.3 Å². The Labute approximate surface area is 108 Å². The molecular formula is C14H21NO3. The number of hydrogen-bond acceptors (Lipinski definition) is 4. The fourth-order valence-electron chi connectivity index (χ4n) is 1.64. The van der Waals surface area contributed by atoms with Gasteiger partial charge < -0.3 is 9.47 Å². The number of carbonyl (C=O) groups excluding carboxylic acids is 1. The van der Waals surface area contributed by atoms with Crippen LogP contribution in [0, 0.1) is 0 Å². The van der Waals surface area contributed by atoms with Crippen molar-refractivity contribution in [3.63, 3.8) is 0 Å². The van der Waals surface area contributed by atoms with E-state index in [1.807, 2.05) is 50.1 Å². The van der Waals surface area contributed by atoms with Gasteiger partial charge in [-0.15, -0.1) is 0 Å². The van der Waals surface area contributed by atoms with E-state index in [2.05, 4.69) is 0 Å². The lowest BCUT2D eigenvalue weighted by atomic mass is 10.2. The number of ether oxygens (including phenoxy) is 2. The summed E-state index contributed by atoms with van der Waals surface area (Å²) in [4.78, 5) is 13.6. The molecule has 0 heterocycles. The number of benzene rings is 1.